The number of aryl methyl sites for hydroxylation is 1. The zero-order valence-electron chi connectivity index (χ0n) is 15.4. The molecular formula is C24H29. The van der Waals surface area contributed by atoms with Crippen molar-refractivity contribution in [3.63, 3.8) is 0 Å². The molecule has 0 saturated carbocycles. The summed E-state index contributed by atoms with van der Waals surface area (Å²) in [5, 5.41) is 0. The third-order valence-corrected chi connectivity index (χ3v) is 4.99. The van der Waals surface area contributed by atoms with Crippen LogP contribution in [0.2, 0.25) is 0 Å². The molecule has 0 heterocycles. The molecule has 3 rings (SSSR count). The predicted molar refractivity (Wildman–Crippen MR) is 106 cm³/mol. The Hall–Kier alpha value is -1.82. The Bertz CT molecular complexity index is 721. The first-order valence-corrected chi connectivity index (χ1v) is 9.58. The summed E-state index contributed by atoms with van der Waals surface area (Å²) in [6.07, 6.45) is 9.56. The first-order chi connectivity index (χ1) is 11.8. The minimum absolute atomic E-state index is 1.16. The minimum atomic E-state index is 1.16. The number of hydrogen-bond acceptors (Lipinski definition) is 0. The second kappa shape index (κ2) is 7.83. The van der Waals surface area contributed by atoms with Crippen molar-refractivity contribution in [1.29, 1.82) is 0 Å². The van der Waals surface area contributed by atoms with E-state index in [1.807, 2.05) is 0 Å². The summed E-state index contributed by atoms with van der Waals surface area (Å²) in [4.78, 5) is 0. The summed E-state index contributed by atoms with van der Waals surface area (Å²) >= 11 is 0. The second-order valence-corrected chi connectivity index (χ2v) is 6.82. The van der Waals surface area contributed by atoms with E-state index in [1.54, 1.807) is 17.0 Å². The lowest BCUT2D eigenvalue weighted by atomic mass is 9.83. The normalized spacial score (nSPS) is 13.9. The lowest BCUT2D eigenvalue weighted by Crippen LogP contribution is -2.05. The quantitative estimate of drug-likeness (QED) is 0.523. The Morgan fingerprint density at radius 2 is 1.38 bits per heavy atom. The van der Waals surface area contributed by atoms with Crippen molar-refractivity contribution >= 4 is 11.6 Å². The van der Waals surface area contributed by atoms with Gasteiger partial charge in [-0.25, -0.2) is 0 Å². The smallest absolute Gasteiger partial charge is 0.0352 e. The van der Waals surface area contributed by atoms with Crippen LogP contribution in [0.15, 0.2) is 42.5 Å². The van der Waals surface area contributed by atoms with Crippen LogP contribution < -0.4 is 0 Å². The van der Waals surface area contributed by atoms with Gasteiger partial charge in [0.15, 0.2) is 0 Å². The van der Waals surface area contributed by atoms with E-state index in [-0.39, 0.29) is 0 Å². The largest absolute Gasteiger partial charge is 0.0653 e. The number of hydrogen-bond donors (Lipinski definition) is 0. The van der Waals surface area contributed by atoms with Crippen molar-refractivity contribution in [3.05, 3.63) is 76.2 Å². The molecule has 1 aliphatic carbocycles. The van der Waals surface area contributed by atoms with E-state index in [4.69, 9.17) is 0 Å². The molecule has 0 unspecified atom stereocenters. The van der Waals surface area contributed by atoms with Crippen molar-refractivity contribution in [2.24, 2.45) is 0 Å². The van der Waals surface area contributed by atoms with Gasteiger partial charge >= 0.3 is 0 Å². The standard InChI is InChI=1S/C24H29/c1-4-10-18-14-9-16-23(20(18)11-5-2)24-17-19-13-7-8-15-21(19)22(24)12-6-3/h7-9,13-17H,4-6,10-12H2,1-3H3. The molecule has 24 heavy (non-hydrogen) atoms. The van der Waals surface area contributed by atoms with E-state index in [0.29, 0.717) is 0 Å². The van der Waals surface area contributed by atoms with Crippen LogP contribution in [0.25, 0.3) is 11.6 Å². The van der Waals surface area contributed by atoms with Gasteiger partial charge in [0.25, 0.3) is 0 Å². The fraction of sp³-hybridized carbons (Fsp3) is 0.375. The van der Waals surface area contributed by atoms with Gasteiger partial charge in [-0.15, -0.1) is 0 Å². The molecule has 0 nitrogen and oxygen atoms in total. The molecule has 125 valence electrons. The number of fused-ring (bicyclic) bond motifs is 1. The maximum atomic E-state index is 2.42. The molecule has 1 aliphatic rings. The van der Waals surface area contributed by atoms with Gasteiger partial charge in [-0.1, -0.05) is 82.5 Å². The maximum Gasteiger partial charge on any atom is 0.0352 e. The van der Waals surface area contributed by atoms with Crippen molar-refractivity contribution in [1.82, 2.24) is 0 Å². The van der Waals surface area contributed by atoms with Crippen LogP contribution in [-0.4, -0.2) is 0 Å². The highest BCUT2D eigenvalue weighted by molar-refractivity contribution is 5.99. The highest BCUT2D eigenvalue weighted by atomic mass is 14.3. The fourth-order valence-electron chi connectivity index (χ4n) is 3.98. The van der Waals surface area contributed by atoms with Crippen LogP contribution in [0.1, 0.15) is 74.3 Å². The van der Waals surface area contributed by atoms with E-state index in [9.17, 15) is 0 Å². The van der Waals surface area contributed by atoms with Gasteiger partial charge in [-0.05, 0) is 58.7 Å². The lowest BCUT2D eigenvalue weighted by Gasteiger charge is -2.20. The molecule has 0 fully saturated rings. The number of rotatable bonds is 7. The lowest BCUT2D eigenvalue weighted by molar-refractivity contribution is 0.851. The molecule has 0 atom stereocenters. The molecule has 0 aromatic heterocycles. The summed E-state index contributed by atoms with van der Waals surface area (Å²) < 4.78 is 0. The van der Waals surface area contributed by atoms with Gasteiger partial charge in [0.1, 0.15) is 0 Å². The average molecular weight is 317 g/mol. The SMILES string of the molecule is CCC[C]1C(c2cccc(CCC)c2CCC)=Cc2ccccc21. The third kappa shape index (κ3) is 3.20. The Balaban J connectivity index is 2.09. The van der Waals surface area contributed by atoms with Crippen molar-refractivity contribution in [2.45, 2.75) is 59.3 Å². The summed E-state index contributed by atoms with van der Waals surface area (Å²) in [7, 11) is 0. The third-order valence-electron chi connectivity index (χ3n) is 4.99. The van der Waals surface area contributed by atoms with Gasteiger partial charge in [-0.2, -0.15) is 0 Å². The maximum absolute atomic E-state index is 2.42. The monoisotopic (exact) mass is 317 g/mol. The van der Waals surface area contributed by atoms with Crippen LogP contribution in [0, 0.1) is 5.92 Å². The number of benzene rings is 2. The summed E-state index contributed by atoms with van der Waals surface area (Å²) in [6.45, 7) is 6.86. The molecule has 0 spiro atoms. The zero-order chi connectivity index (χ0) is 16.9. The van der Waals surface area contributed by atoms with Crippen molar-refractivity contribution in [2.75, 3.05) is 0 Å². The van der Waals surface area contributed by atoms with Crippen LogP contribution in [0.5, 0.6) is 0 Å². The molecule has 0 aliphatic heterocycles. The molecule has 1 radical (unpaired) electrons. The summed E-state index contributed by atoms with van der Waals surface area (Å²) in [5.74, 6) is 1.54. The highest BCUT2D eigenvalue weighted by Gasteiger charge is 2.27. The molecule has 0 heteroatoms. The molecular weight excluding hydrogens is 288 g/mol. The van der Waals surface area contributed by atoms with Crippen LogP contribution in [-0.2, 0) is 12.8 Å². The van der Waals surface area contributed by atoms with Crippen LogP contribution in [0.4, 0.5) is 0 Å². The summed E-state index contributed by atoms with van der Waals surface area (Å²) in [5.41, 5.74) is 8.90. The van der Waals surface area contributed by atoms with Crippen molar-refractivity contribution < 1.29 is 0 Å². The second-order valence-electron chi connectivity index (χ2n) is 6.82. The van der Waals surface area contributed by atoms with Crippen LogP contribution >= 0.6 is 0 Å². The van der Waals surface area contributed by atoms with Crippen LogP contribution in [0.3, 0.4) is 0 Å². The minimum Gasteiger partial charge on any atom is -0.0653 e. The van der Waals surface area contributed by atoms with E-state index in [1.165, 1.54) is 54.4 Å². The predicted octanol–water partition coefficient (Wildman–Crippen LogP) is 6.87. The highest BCUT2D eigenvalue weighted by Crippen LogP contribution is 2.45. The zero-order valence-corrected chi connectivity index (χ0v) is 15.4. The topological polar surface area (TPSA) is 0 Å². The molecule has 0 amide bonds. The van der Waals surface area contributed by atoms with Gasteiger partial charge in [-0.3, -0.25) is 0 Å². The van der Waals surface area contributed by atoms with Crippen molar-refractivity contribution in [3.8, 4) is 0 Å². The van der Waals surface area contributed by atoms with Gasteiger partial charge < -0.3 is 0 Å². The first-order valence-electron chi connectivity index (χ1n) is 9.58. The Morgan fingerprint density at radius 1 is 0.667 bits per heavy atom. The Morgan fingerprint density at radius 3 is 2.12 bits per heavy atom. The molecule has 0 bridgehead atoms. The molecule has 0 N–H and O–H groups in total. The number of allylic oxidation sites excluding steroid dienone is 1. The molecule has 2 aromatic rings. The van der Waals surface area contributed by atoms with E-state index < -0.39 is 0 Å². The van der Waals surface area contributed by atoms with Gasteiger partial charge in [0, 0.05) is 5.92 Å². The van der Waals surface area contributed by atoms with Gasteiger partial charge in [0.2, 0.25) is 0 Å². The Kier molecular flexibility index (Phi) is 5.56. The fourth-order valence-corrected chi connectivity index (χ4v) is 3.98. The van der Waals surface area contributed by atoms with E-state index in [0.717, 1.165) is 6.42 Å². The van der Waals surface area contributed by atoms with E-state index >= 15 is 0 Å². The van der Waals surface area contributed by atoms with E-state index in [2.05, 4.69) is 69.3 Å². The van der Waals surface area contributed by atoms with Gasteiger partial charge in [0.05, 0.1) is 0 Å². The first kappa shape index (κ1) is 17.0. The molecule has 0 saturated heterocycles. The molecule has 2 aromatic carbocycles. The Labute approximate surface area is 147 Å². The summed E-state index contributed by atoms with van der Waals surface area (Å²) in [6, 6.07) is 15.8. The average Bonchev–Trinajstić information content (AvgIpc) is 2.96.